The molecule has 1 aromatic heterocycles. The SMILES string of the molecule is COc1cc(C(=O)O)ccc1NC(=O)[C@@H]1N[C@@H](CC(C)(C)C)[C@@]2(C(=O)Nc3nc(Cl)ncc32)[C@H]1c1cccc(Cl)c1F. The molecule has 220 valence electrons. The Hall–Kier alpha value is -3.80. The van der Waals surface area contributed by atoms with Gasteiger partial charge in [-0.2, -0.15) is 0 Å². The minimum absolute atomic E-state index is 0.0372. The fourth-order valence-electron chi connectivity index (χ4n) is 6.05. The Balaban J connectivity index is 1.70. The third kappa shape index (κ3) is 4.95. The van der Waals surface area contributed by atoms with Crippen molar-refractivity contribution >= 4 is 52.5 Å². The molecule has 4 N–H and O–H groups in total. The summed E-state index contributed by atoms with van der Waals surface area (Å²) in [5.74, 6) is -3.84. The van der Waals surface area contributed by atoms with Gasteiger partial charge in [0.1, 0.15) is 22.8 Å². The molecule has 0 unspecified atom stereocenters. The van der Waals surface area contributed by atoms with E-state index in [1.165, 1.54) is 43.6 Å². The summed E-state index contributed by atoms with van der Waals surface area (Å²) in [5, 5.41) is 18.0. The van der Waals surface area contributed by atoms with Crippen LogP contribution in [0.3, 0.4) is 0 Å². The number of benzene rings is 2. The van der Waals surface area contributed by atoms with E-state index in [-0.39, 0.29) is 44.1 Å². The van der Waals surface area contributed by atoms with Crippen LogP contribution in [0.25, 0.3) is 0 Å². The van der Waals surface area contributed by atoms with Crippen molar-refractivity contribution in [2.75, 3.05) is 17.7 Å². The third-order valence-corrected chi connectivity index (χ3v) is 8.16. The summed E-state index contributed by atoms with van der Waals surface area (Å²) in [6.45, 7) is 5.98. The predicted octanol–water partition coefficient (Wildman–Crippen LogP) is 5.02. The van der Waals surface area contributed by atoms with Gasteiger partial charge in [-0.1, -0.05) is 44.5 Å². The van der Waals surface area contributed by atoms with E-state index in [4.69, 9.17) is 27.9 Å². The highest BCUT2D eigenvalue weighted by atomic mass is 35.5. The lowest BCUT2D eigenvalue weighted by Crippen LogP contribution is -2.49. The van der Waals surface area contributed by atoms with Gasteiger partial charge in [-0.15, -0.1) is 0 Å². The predicted molar refractivity (Wildman–Crippen MR) is 155 cm³/mol. The number of carbonyl (C=O) groups is 3. The van der Waals surface area contributed by atoms with Crippen molar-refractivity contribution in [1.29, 1.82) is 0 Å². The van der Waals surface area contributed by atoms with Crippen LogP contribution in [0.5, 0.6) is 5.75 Å². The average molecular weight is 616 g/mol. The van der Waals surface area contributed by atoms with E-state index in [9.17, 15) is 19.5 Å². The number of amides is 2. The summed E-state index contributed by atoms with van der Waals surface area (Å²) in [7, 11) is 1.34. The van der Waals surface area contributed by atoms with Gasteiger partial charge in [0.05, 0.1) is 29.4 Å². The van der Waals surface area contributed by atoms with Gasteiger partial charge < -0.3 is 25.8 Å². The molecule has 3 heterocycles. The van der Waals surface area contributed by atoms with E-state index in [1.54, 1.807) is 6.07 Å². The first-order valence-electron chi connectivity index (χ1n) is 13.0. The number of anilines is 2. The molecular formula is C29H28Cl2FN5O5. The topological polar surface area (TPSA) is 143 Å². The molecule has 2 amide bonds. The number of carboxylic acids is 1. The Labute approximate surface area is 251 Å². The van der Waals surface area contributed by atoms with E-state index >= 15 is 4.39 Å². The first-order valence-corrected chi connectivity index (χ1v) is 13.8. The minimum atomic E-state index is -1.53. The molecule has 0 saturated carbocycles. The Bertz CT molecular complexity index is 1610. The molecule has 1 fully saturated rings. The van der Waals surface area contributed by atoms with Crippen LogP contribution in [0, 0.1) is 11.2 Å². The number of fused-ring (bicyclic) bond motifs is 2. The molecular weight excluding hydrogens is 588 g/mol. The van der Waals surface area contributed by atoms with Crippen molar-refractivity contribution in [2.45, 2.75) is 50.6 Å². The maximum Gasteiger partial charge on any atom is 0.335 e. The lowest BCUT2D eigenvalue weighted by atomic mass is 9.63. The van der Waals surface area contributed by atoms with Crippen LogP contribution in [0.1, 0.15) is 54.6 Å². The summed E-state index contributed by atoms with van der Waals surface area (Å²) in [6.07, 6.45) is 1.84. The van der Waals surface area contributed by atoms with Gasteiger partial charge in [-0.05, 0) is 53.3 Å². The van der Waals surface area contributed by atoms with Crippen LogP contribution in [0.2, 0.25) is 10.3 Å². The van der Waals surface area contributed by atoms with Crippen LogP contribution in [-0.4, -0.2) is 52.1 Å². The van der Waals surface area contributed by atoms with E-state index in [1.807, 2.05) is 20.8 Å². The van der Waals surface area contributed by atoms with E-state index < -0.39 is 47.0 Å². The van der Waals surface area contributed by atoms with Gasteiger partial charge in [-0.3, -0.25) is 9.59 Å². The zero-order valence-corrected chi connectivity index (χ0v) is 24.6. The maximum atomic E-state index is 15.9. The molecule has 1 saturated heterocycles. The van der Waals surface area contributed by atoms with Crippen LogP contribution in [-0.2, 0) is 15.0 Å². The molecule has 13 heteroatoms. The number of aromatic nitrogens is 2. The normalized spacial score (nSPS) is 23.0. The number of ether oxygens (including phenoxy) is 1. The second-order valence-electron chi connectivity index (χ2n) is 11.5. The summed E-state index contributed by atoms with van der Waals surface area (Å²) < 4.78 is 21.2. The molecule has 5 rings (SSSR count). The van der Waals surface area contributed by atoms with E-state index in [2.05, 4.69) is 25.9 Å². The zero-order valence-electron chi connectivity index (χ0n) is 23.1. The molecule has 0 aliphatic carbocycles. The first kappa shape index (κ1) is 29.7. The second-order valence-corrected chi connectivity index (χ2v) is 12.3. The molecule has 3 aromatic rings. The van der Waals surface area contributed by atoms with Crippen molar-refractivity contribution in [1.82, 2.24) is 15.3 Å². The van der Waals surface area contributed by atoms with Gasteiger partial charge >= 0.3 is 5.97 Å². The number of hydrogen-bond donors (Lipinski definition) is 4. The average Bonchev–Trinajstić information content (AvgIpc) is 3.39. The molecule has 2 aliphatic rings. The van der Waals surface area contributed by atoms with Crippen molar-refractivity contribution in [3.8, 4) is 5.75 Å². The van der Waals surface area contributed by atoms with E-state index in [0.717, 1.165) is 0 Å². The minimum Gasteiger partial charge on any atom is -0.495 e. The molecule has 1 spiro atoms. The van der Waals surface area contributed by atoms with Crippen molar-refractivity contribution < 1.29 is 28.6 Å². The number of rotatable bonds is 6. The Morgan fingerprint density at radius 1 is 1.21 bits per heavy atom. The van der Waals surface area contributed by atoms with Gasteiger partial charge in [0.15, 0.2) is 0 Å². The molecule has 4 atom stereocenters. The van der Waals surface area contributed by atoms with Gasteiger partial charge in [0, 0.05) is 23.7 Å². The molecule has 2 aliphatic heterocycles. The summed E-state index contributed by atoms with van der Waals surface area (Å²) in [4.78, 5) is 48.1. The number of halogens is 3. The number of carboxylic acid groups (broad SMARTS) is 1. The number of hydrogen-bond acceptors (Lipinski definition) is 7. The Kier molecular flexibility index (Phi) is 7.63. The van der Waals surface area contributed by atoms with Crippen LogP contribution < -0.4 is 20.7 Å². The Morgan fingerprint density at radius 2 is 1.95 bits per heavy atom. The Morgan fingerprint density at radius 3 is 2.62 bits per heavy atom. The van der Waals surface area contributed by atoms with Crippen LogP contribution in [0.4, 0.5) is 15.9 Å². The highest BCUT2D eigenvalue weighted by molar-refractivity contribution is 6.30. The largest absolute Gasteiger partial charge is 0.495 e. The standard InChI is InChI=1S/C29H28Cl2FN5O5/c1-28(2,3)11-19-29(15-12-33-27(31)37-23(15)36-26(29)41)20(14-6-5-7-16(30)21(14)32)22(35-19)24(38)34-17-9-8-13(25(39)40)10-18(17)42-4/h5-10,12,19-20,22,35H,11H2,1-4H3,(H,34,38)(H,39,40)(H,33,36,37,41)/t19-,20-,22+,29+/m0/s1. The van der Waals surface area contributed by atoms with Crippen molar-refractivity contribution in [2.24, 2.45) is 5.41 Å². The lowest BCUT2D eigenvalue weighted by molar-refractivity contribution is -0.122. The van der Waals surface area contributed by atoms with Gasteiger partial charge in [-0.25, -0.2) is 19.2 Å². The fraction of sp³-hybridized carbons (Fsp3) is 0.345. The number of nitrogens with zero attached hydrogens (tertiary/aromatic N) is 2. The first-order chi connectivity index (χ1) is 19.8. The second kappa shape index (κ2) is 10.8. The summed E-state index contributed by atoms with van der Waals surface area (Å²) >= 11 is 12.3. The molecule has 42 heavy (non-hydrogen) atoms. The molecule has 0 radical (unpaired) electrons. The quantitative estimate of drug-likeness (QED) is 0.283. The monoisotopic (exact) mass is 615 g/mol. The highest BCUT2D eigenvalue weighted by Gasteiger charge is 2.67. The highest BCUT2D eigenvalue weighted by Crippen LogP contribution is 2.56. The zero-order chi connectivity index (χ0) is 30.6. The lowest BCUT2D eigenvalue weighted by Gasteiger charge is -2.37. The van der Waals surface area contributed by atoms with E-state index in [0.29, 0.717) is 12.0 Å². The summed E-state index contributed by atoms with van der Waals surface area (Å²) in [6, 6.07) is 6.60. The van der Waals surface area contributed by atoms with Crippen molar-refractivity contribution in [3.05, 3.63) is 75.4 Å². The van der Waals surface area contributed by atoms with Gasteiger partial charge in [0.2, 0.25) is 17.1 Å². The molecule has 10 nitrogen and oxygen atoms in total. The number of nitrogens with one attached hydrogen (secondary N) is 3. The smallest absolute Gasteiger partial charge is 0.335 e. The van der Waals surface area contributed by atoms with Gasteiger partial charge in [0.25, 0.3) is 0 Å². The fourth-order valence-corrected chi connectivity index (χ4v) is 6.37. The number of carbonyl (C=O) groups excluding carboxylic acids is 2. The third-order valence-electron chi connectivity index (χ3n) is 7.69. The molecule has 2 aromatic carbocycles. The molecule has 0 bridgehead atoms. The van der Waals surface area contributed by atoms with Crippen LogP contribution >= 0.6 is 23.2 Å². The van der Waals surface area contributed by atoms with Crippen LogP contribution in [0.15, 0.2) is 42.6 Å². The van der Waals surface area contributed by atoms with Crippen molar-refractivity contribution in [3.63, 3.8) is 0 Å². The number of methoxy groups -OCH3 is 1. The summed E-state index contributed by atoms with van der Waals surface area (Å²) in [5.41, 5.74) is -1.28. The maximum absolute atomic E-state index is 15.9. The number of aromatic carboxylic acids is 1.